The summed E-state index contributed by atoms with van der Waals surface area (Å²) in [7, 11) is -0.509. The molecule has 2 heterocycles. The van der Waals surface area contributed by atoms with Gasteiger partial charge in [-0.05, 0) is 21.7 Å². The molecule has 1 saturated heterocycles. The summed E-state index contributed by atoms with van der Waals surface area (Å²) < 4.78 is 3.19. The summed E-state index contributed by atoms with van der Waals surface area (Å²) >= 11 is 1.72. The minimum absolute atomic E-state index is 0.0807. The van der Waals surface area contributed by atoms with Crippen LogP contribution in [0.15, 0.2) is 104 Å². The molecule has 0 radical (unpaired) electrons. The molecule has 7 heteroatoms. The number of aryl methyl sites for hydroxylation is 1. The topological polar surface area (TPSA) is 55.2 Å². The lowest BCUT2D eigenvalue weighted by atomic mass is 9.84. The number of hydrogen-bond acceptors (Lipinski definition) is 4. The molecule has 0 N–H and O–H groups in total. The van der Waals surface area contributed by atoms with Crippen LogP contribution in [0.3, 0.4) is 0 Å². The first-order valence-electron chi connectivity index (χ1n) is 13.7. The smallest absolute Gasteiger partial charge is 0.229 e. The molecular weight excluding hydrogens is 531 g/mol. The number of hydrogen-bond donors (Lipinski definition) is 0. The molecule has 5 rings (SSSR count). The van der Waals surface area contributed by atoms with E-state index in [0.717, 1.165) is 16.7 Å². The summed E-state index contributed by atoms with van der Waals surface area (Å²) in [5, 5.41) is -0.446. The van der Waals surface area contributed by atoms with Crippen LogP contribution >= 0.6 is 11.8 Å². The van der Waals surface area contributed by atoms with E-state index in [9.17, 15) is 9.59 Å². The molecule has 2 unspecified atom stereocenters. The maximum absolute atomic E-state index is 14.1. The standard InChI is InChI=1S/C33H37N3O2SSi/c1-32(2,3)40(5,6)36-30(38)28(29(37)27-22-35(4)23-34-27)31(36)39-33(24-16-10-7-11-17-24,25-18-12-8-13-19-25)26-20-14-9-15-21-26/h7-23,28,31H,1-6H3. The zero-order valence-electron chi connectivity index (χ0n) is 24.0. The van der Waals surface area contributed by atoms with E-state index < -0.39 is 18.9 Å². The van der Waals surface area contributed by atoms with Gasteiger partial charge in [0.2, 0.25) is 5.91 Å². The first-order chi connectivity index (χ1) is 19.0. The average Bonchev–Trinajstić information content (AvgIpc) is 3.38. The van der Waals surface area contributed by atoms with E-state index in [4.69, 9.17) is 0 Å². The fraction of sp³-hybridized carbons (Fsp3) is 0.303. The Balaban J connectivity index is 1.73. The molecule has 1 aromatic heterocycles. The largest absolute Gasteiger partial charge is 0.356 e. The van der Waals surface area contributed by atoms with Crippen LogP contribution in [-0.4, -0.2) is 39.4 Å². The predicted octanol–water partition coefficient (Wildman–Crippen LogP) is 7.12. The minimum Gasteiger partial charge on any atom is -0.356 e. The molecule has 1 aliphatic rings. The summed E-state index contributed by atoms with van der Waals surface area (Å²) in [5.41, 5.74) is 3.66. The van der Waals surface area contributed by atoms with Gasteiger partial charge in [0, 0.05) is 13.2 Å². The second-order valence-corrected chi connectivity index (χ2v) is 18.5. The summed E-state index contributed by atoms with van der Waals surface area (Å²) in [6.07, 6.45) is 3.33. The Morgan fingerprint density at radius 1 is 0.825 bits per heavy atom. The molecule has 40 heavy (non-hydrogen) atoms. The van der Waals surface area contributed by atoms with E-state index in [1.165, 1.54) is 0 Å². The van der Waals surface area contributed by atoms with Crippen LogP contribution < -0.4 is 0 Å². The molecular formula is C33H37N3O2SSi. The quantitative estimate of drug-likeness (QED) is 0.0748. The summed E-state index contributed by atoms with van der Waals surface area (Å²) in [5.74, 6) is -1.09. The van der Waals surface area contributed by atoms with Crippen LogP contribution in [0.25, 0.3) is 0 Å². The Morgan fingerprint density at radius 2 is 1.27 bits per heavy atom. The Hall–Kier alpha value is -3.42. The van der Waals surface area contributed by atoms with Gasteiger partial charge in [0.15, 0.2) is 14.0 Å². The van der Waals surface area contributed by atoms with Crippen molar-refractivity contribution in [3.8, 4) is 0 Å². The fourth-order valence-corrected chi connectivity index (χ4v) is 10.3. The molecule has 3 aromatic carbocycles. The molecule has 1 amide bonds. The van der Waals surface area contributed by atoms with Crippen LogP contribution in [-0.2, 0) is 16.6 Å². The lowest BCUT2D eigenvalue weighted by Crippen LogP contribution is -2.73. The number of carbonyl (C=O) groups excluding carboxylic acids is 2. The lowest BCUT2D eigenvalue weighted by Gasteiger charge is -2.59. The Bertz CT molecular complexity index is 1400. The van der Waals surface area contributed by atoms with Gasteiger partial charge in [-0.1, -0.05) is 125 Å². The van der Waals surface area contributed by atoms with E-state index in [1.54, 1.807) is 28.9 Å². The second-order valence-electron chi connectivity index (χ2n) is 12.1. The number of nitrogens with zero attached hydrogens (tertiary/aromatic N) is 3. The van der Waals surface area contributed by atoms with Gasteiger partial charge in [0.25, 0.3) is 0 Å². The van der Waals surface area contributed by atoms with Crippen molar-refractivity contribution in [1.82, 2.24) is 14.1 Å². The molecule has 1 aliphatic heterocycles. The van der Waals surface area contributed by atoms with Gasteiger partial charge >= 0.3 is 0 Å². The molecule has 0 aliphatic carbocycles. The maximum atomic E-state index is 14.1. The van der Waals surface area contributed by atoms with E-state index in [-0.39, 0.29) is 22.1 Å². The van der Waals surface area contributed by atoms with Crippen molar-refractivity contribution in [3.63, 3.8) is 0 Å². The van der Waals surface area contributed by atoms with Gasteiger partial charge in [0.05, 0.1) is 16.4 Å². The minimum atomic E-state index is -2.35. The third-order valence-electron chi connectivity index (χ3n) is 8.56. The van der Waals surface area contributed by atoms with Gasteiger partial charge in [-0.15, -0.1) is 11.8 Å². The van der Waals surface area contributed by atoms with Crippen molar-refractivity contribution in [2.24, 2.45) is 13.0 Å². The SMILES string of the molecule is Cn1cnc(C(=O)C2C(=O)N([Si](C)(C)C(C)(C)C)C2SC(c2ccccc2)(c2ccccc2)c2ccccc2)c1. The summed E-state index contributed by atoms with van der Waals surface area (Å²) in [6, 6.07) is 31.4. The van der Waals surface area contributed by atoms with Gasteiger partial charge in [0.1, 0.15) is 11.6 Å². The molecule has 0 spiro atoms. The molecule has 5 nitrogen and oxygen atoms in total. The van der Waals surface area contributed by atoms with Crippen molar-refractivity contribution in [1.29, 1.82) is 0 Å². The van der Waals surface area contributed by atoms with Crippen LogP contribution in [0.2, 0.25) is 18.1 Å². The lowest BCUT2D eigenvalue weighted by molar-refractivity contribution is -0.140. The Morgan fingerprint density at radius 3 is 1.65 bits per heavy atom. The highest BCUT2D eigenvalue weighted by Crippen LogP contribution is 2.57. The van der Waals surface area contributed by atoms with Crippen molar-refractivity contribution in [2.75, 3.05) is 0 Å². The number of β-lactam (4-membered cyclic amide) rings is 1. The zero-order chi connectivity index (χ0) is 28.7. The zero-order valence-corrected chi connectivity index (χ0v) is 25.9. The number of carbonyl (C=O) groups is 2. The molecule has 1 fully saturated rings. The van der Waals surface area contributed by atoms with Crippen LogP contribution in [0.1, 0.15) is 48.0 Å². The van der Waals surface area contributed by atoms with Crippen molar-refractivity contribution >= 4 is 31.7 Å². The average molecular weight is 568 g/mol. The highest BCUT2D eigenvalue weighted by molar-refractivity contribution is 8.01. The molecule has 0 saturated carbocycles. The Kier molecular flexibility index (Phi) is 7.40. The number of aromatic nitrogens is 2. The molecule has 206 valence electrons. The van der Waals surface area contributed by atoms with Crippen molar-refractivity contribution in [2.45, 2.75) is 49.0 Å². The number of imidazole rings is 1. The normalized spacial score (nSPS) is 17.9. The highest BCUT2D eigenvalue weighted by Gasteiger charge is 2.62. The third-order valence-corrected chi connectivity index (χ3v) is 15.9. The van der Waals surface area contributed by atoms with E-state index >= 15 is 0 Å². The van der Waals surface area contributed by atoms with Gasteiger partial charge < -0.3 is 9.13 Å². The molecule has 4 aromatic rings. The number of Topliss-reactive ketones (excluding diaryl/α,β-unsaturated/α-hetero) is 1. The van der Waals surface area contributed by atoms with Gasteiger partial charge in [-0.25, -0.2) is 4.98 Å². The predicted molar refractivity (Wildman–Crippen MR) is 166 cm³/mol. The maximum Gasteiger partial charge on any atom is 0.229 e. The van der Waals surface area contributed by atoms with Crippen LogP contribution in [0, 0.1) is 5.92 Å². The third kappa shape index (κ3) is 4.65. The van der Waals surface area contributed by atoms with E-state index in [2.05, 4.69) is 116 Å². The van der Waals surface area contributed by atoms with Gasteiger partial charge in [-0.2, -0.15) is 0 Å². The van der Waals surface area contributed by atoms with Crippen molar-refractivity contribution < 1.29 is 9.59 Å². The number of rotatable bonds is 8. The van der Waals surface area contributed by atoms with Crippen LogP contribution in [0.5, 0.6) is 0 Å². The Labute approximate surface area is 242 Å². The first kappa shape index (κ1) is 28.1. The van der Waals surface area contributed by atoms with Gasteiger partial charge in [-0.3, -0.25) is 9.59 Å². The molecule has 2 atom stereocenters. The summed E-state index contributed by atoms with van der Waals surface area (Å²) in [4.78, 5) is 32.4. The highest BCUT2D eigenvalue weighted by atomic mass is 32.2. The van der Waals surface area contributed by atoms with E-state index in [0.29, 0.717) is 5.69 Å². The van der Waals surface area contributed by atoms with E-state index in [1.807, 2.05) is 25.2 Å². The number of ketones is 1. The molecule has 0 bridgehead atoms. The number of benzene rings is 3. The number of thioether (sulfide) groups is 1. The van der Waals surface area contributed by atoms with Crippen LogP contribution in [0.4, 0.5) is 0 Å². The first-order valence-corrected chi connectivity index (χ1v) is 17.5. The fourth-order valence-electron chi connectivity index (χ4n) is 5.38. The summed E-state index contributed by atoms with van der Waals surface area (Å²) in [6.45, 7) is 11.1. The second kappa shape index (κ2) is 10.5. The number of amides is 1. The van der Waals surface area contributed by atoms with Crippen molar-refractivity contribution in [3.05, 3.63) is 126 Å². The monoisotopic (exact) mass is 567 g/mol.